The van der Waals surface area contributed by atoms with E-state index < -0.39 is 0 Å². The van der Waals surface area contributed by atoms with Gasteiger partial charge in [-0.15, -0.1) is 10.2 Å². The van der Waals surface area contributed by atoms with E-state index in [4.69, 9.17) is 9.47 Å². The van der Waals surface area contributed by atoms with Gasteiger partial charge in [0.05, 0.1) is 14.2 Å². The number of ether oxygens (including phenoxy) is 2. The molecule has 152 valence electrons. The number of aromatic nitrogens is 2. The van der Waals surface area contributed by atoms with E-state index in [1.165, 1.54) is 43.7 Å². The highest BCUT2D eigenvalue weighted by molar-refractivity contribution is 8.01. The molecule has 0 radical (unpaired) electrons. The summed E-state index contributed by atoms with van der Waals surface area (Å²) in [5.41, 5.74) is 0.593. The molecule has 2 aromatic rings. The molecule has 0 bridgehead atoms. The first-order chi connectivity index (χ1) is 13.7. The number of nitrogens with zero attached hydrogens (tertiary/aromatic N) is 3. The Bertz CT molecular complexity index is 780. The molecule has 0 aliphatic carbocycles. The molecule has 0 spiro atoms. The summed E-state index contributed by atoms with van der Waals surface area (Å²) in [4.78, 5) is 14.7. The number of likely N-dealkylation sites (tertiary alicyclic amines) is 1. The van der Waals surface area contributed by atoms with E-state index in [1.54, 1.807) is 44.2 Å². The zero-order valence-corrected chi connectivity index (χ0v) is 17.7. The molecule has 0 atom stereocenters. The fraction of sp³-hybridized carbons (Fsp3) is 0.500. The Labute approximate surface area is 173 Å². The number of urea groups is 1. The van der Waals surface area contributed by atoms with Gasteiger partial charge in [0.15, 0.2) is 15.8 Å². The number of piperidine rings is 1. The second-order valence-electron chi connectivity index (χ2n) is 6.27. The topological polar surface area (TPSA) is 88.6 Å². The van der Waals surface area contributed by atoms with Crippen LogP contribution in [0.2, 0.25) is 0 Å². The molecule has 28 heavy (non-hydrogen) atoms. The molecular formula is C18H25N5O3S2. The number of benzene rings is 1. The van der Waals surface area contributed by atoms with E-state index in [0.717, 1.165) is 16.6 Å². The van der Waals surface area contributed by atoms with Gasteiger partial charge in [-0.05, 0) is 38.1 Å². The Morgan fingerprint density at radius 3 is 2.68 bits per heavy atom. The first kappa shape index (κ1) is 20.7. The molecule has 0 saturated carbocycles. The molecular weight excluding hydrogens is 398 g/mol. The van der Waals surface area contributed by atoms with Crippen LogP contribution in [0, 0.1) is 0 Å². The number of hydrogen-bond donors (Lipinski definition) is 2. The lowest BCUT2D eigenvalue weighted by molar-refractivity contribution is 0.242. The average molecular weight is 424 g/mol. The van der Waals surface area contributed by atoms with E-state index >= 15 is 0 Å². The van der Waals surface area contributed by atoms with Crippen molar-refractivity contribution in [2.75, 3.05) is 50.2 Å². The Morgan fingerprint density at radius 2 is 1.93 bits per heavy atom. The maximum atomic E-state index is 12.2. The van der Waals surface area contributed by atoms with Crippen LogP contribution in [0.4, 0.5) is 15.6 Å². The van der Waals surface area contributed by atoms with Crippen molar-refractivity contribution >= 4 is 39.9 Å². The molecule has 1 aliphatic heterocycles. The number of nitrogens with one attached hydrogen (secondary N) is 2. The highest BCUT2D eigenvalue weighted by atomic mass is 32.2. The third-order valence-corrected chi connectivity index (χ3v) is 6.30. The third-order valence-electron chi connectivity index (χ3n) is 4.35. The van der Waals surface area contributed by atoms with Gasteiger partial charge in [-0.3, -0.25) is 5.32 Å². The molecule has 1 fully saturated rings. The monoisotopic (exact) mass is 423 g/mol. The van der Waals surface area contributed by atoms with Gasteiger partial charge in [0.25, 0.3) is 0 Å². The molecule has 1 saturated heterocycles. The highest BCUT2D eigenvalue weighted by Gasteiger charge is 2.12. The molecule has 8 nitrogen and oxygen atoms in total. The molecule has 1 aromatic carbocycles. The van der Waals surface area contributed by atoms with Gasteiger partial charge in [0, 0.05) is 24.1 Å². The molecule has 3 rings (SSSR count). The summed E-state index contributed by atoms with van der Waals surface area (Å²) >= 11 is 3.05. The van der Waals surface area contributed by atoms with E-state index in [9.17, 15) is 4.79 Å². The standard InChI is InChI=1S/C18H25N5O3S2/c1-25-14-7-6-13(12-15(14)26-2)19-16(24)20-17-21-22-18(28-17)27-11-10-23-8-4-3-5-9-23/h6-7,12H,3-5,8-11H2,1-2H3,(H2,19,20,21,24). The van der Waals surface area contributed by atoms with E-state index in [0.29, 0.717) is 22.3 Å². The largest absolute Gasteiger partial charge is 0.493 e. The van der Waals surface area contributed by atoms with Crippen molar-refractivity contribution in [2.45, 2.75) is 23.6 Å². The van der Waals surface area contributed by atoms with Crippen molar-refractivity contribution in [3.05, 3.63) is 18.2 Å². The molecule has 2 amide bonds. The number of carbonyl (C=O) groups excluding carboxylic acids is 1. The number of carbonyl (C=O) groups is 1. The van der Waals surface area contributed by atoms with Crippen LogP contribution >= 0.6 is 23.1 Å². The predicted molar refractivity (Wildman–Crippen MR) is 113 cm³/mol. The van der Waals surface area contributed by atoms with Crippen molar-refractivity contribution in [3.8, 4) is 11.5 Å². The van der Waals surface area contributed by atoms with Gasteiger partial charge in [0.2, 0.25) is 5.13 Å². The summed E-state index contributed by atoms with van der Waals surface area (Å²) in [7, 11) is 3.11. The Balaban J connectivity index is 1.45. The molecule has 1 aliphatic rings. The Hall–Kier alpha value is -2.04. The summed E-state index contributed by atoms with van der Waals surface area (Å²) in [6.07, 6.45) is 3.94. The van der Waals surface area contributed by atoms with Crippen LogP contribution in [0.5, 0.6) is 11.5 Å². The minimum atomic E-state index is -0.381. The summed E-state index contributed by atoms with van der Waals surface area (Å²) in [5, 5.41) is 14.1. The van der Waals surface area contributed by atoms with Crippen molar-refractivity contribution in [3.63, 3.8) is 0 Å². The van der Waals surface area contributed by atoms with Gasteiger partial charge >= 0.3 is 6.03 Å². The summed E-state index contributed by atoms with van der Waals surface area (Å²) in [6.45, 7) is 3.45. The molecule has 2 N–H and O–H groups in total. The van der Waals surface area contributed by atoms with Crippen LogP contribution < -0.4 is 20.1 Å². The number of amides is 2. The minimum Gasteiger partial charge on any atom is -0.493 e. The molecule has 10 heteroatoms. The fourth-order valence-corrected chi connectivity index (χ4v) is 4.75. The van der Waals surface area contributed by atoms with Gasteiger partial charge < -0.3 is 19.7 Å². The van der Waals surface area contributed by atoms with Crippen molar-refractivity contribution in [2.24, 2.45) is 0 Å². The van der Waals surface area contributed by atoms with Crippen LogP contribution in [-0.2, 0) is 0 Å². The predicted octanol–water partition coefficient (Wildman–Crippen LogP) is 3.78. The second-order valence-corrected chi connectivity index (χ2v) is 8.59. The highest BCUT2D eigenvalue weighted by Crippen LogP contribution is 2.30. The molecule has 2 heterocycles. The number of hydrogen-bond acceptors (Lipinski definition) is 8. The maximum absolute atomic E-state index is 12.2. The van der Waals surface area contributed by atoms with Gasteiger partial charge in [0.1, 0.15) is 0 Å². The Morgan fingerprint density at radius 1 is 1.14 bits per heavy atom. The zero-order chi connectivity index (χ0) is 19.8. The van der Waals surface area contributed by atoms with E-state index in [1.807, 2.05) is 0 Å². The first-order valence-corrected chi connectivity index (χ1v) is 11.0. The maximum Gasteiger partial charge on any atom is 0.325 e. The van der Waals surface area contributed by atoms with E-state index in [-0.39, 0.29) is 6.03 Å². The summed E-state index contributed by atoms with van der Waals surface area (Å²) in [5.74, 6) is 2.12. The number of anilines is 2. The lowest BCUT2D eigenvalue weighted by Crippen LogP contribution is -2.31. The van der Waals surface area contributed by atoms with Crippen molar-refractivity contribution in [1.82, 2.24) is 15.1 Å². The quantitative estimate of drug-likeness (QED) is 0.493. The van der Waals surface area contributed by atoms with Crippen molar-refractivity contribution < 1.29 is 14.3 Å². The van der Waals surface area contributed by atoms with Crippen LogP contribution in [0.25, 0.3) is 0 Å². The normalized spacial score (nSPS) is 14.5. The number of thioether (sulfide) groups is 1. The minimum absolute atomic E-state index is 0.381. The SMILES string of the molecule is COc1ccc(NC(=O)Nc2nnc(SCCN3CCCCC3)s2)cc1OC. The van der Waals surface area contributed by atoms with Crippen LogP contribution in [0.1, 0.15) is 19.3 Å². The lowest BCUT2D eigenvalue weighted by atomic mass is 10.1. The zero-order valence-electron chi connectivity index (χ0n) is 16.1. The van der Waals surface area contributed by atoms with Crippen LogP contribution in [0.3, 0.4) is 0 Å². The van der Waals surface area contributed by atoms with Crippen LogP contribution in [0.15, 0.2) is 22.5 Å². The summed E-state index contributed by atoms with van der Waals surface area (Å²) in [6, 6.07) is 4.79. The lowest BCUT2D eigenvalue weighted by Gasteiger charge is -2.25. The smallest absolute Gasteiger partial charge is 0.325 e. The van der Waals surface area contributed by atoms with Crippen LogP contribution in [-0.4, -0.2) is 60.7 Å². The van der Waals surface area contributed by atoms with E-state index in [2.05, 4.69) is 25.7 Å². The molecule has 1 aromatic heterocycles. The first-order valence-electron chi connectivity index (χ1n) is 9.16. The second kappa shape index (κ2) is 10.5. The molecule has 0 unspecified atom stereocenters. The summed E-state index contributed by atoms with van der Waals surface area (Å²) < 4.78 is 11.3. The van der Waals surface area contributed by atoms with Gasteiger partial charge in [-0.25, -0.2) is 4.79 Å². The fourth-order valence-electron chi connectivity index (χ4n) is 2.94. The number of methoxy groups -OCH3 is 2. The van der Waals surface area contributed by atoms with Gasteiger partial charge in [-0.1, -0.05) is 29.5 Å². The average Bonchev–Trinajstić information content (AvgIpc) is 3.15. The van der Waals surface area contributed by atoms with Crippen molar-refractivity contribution in [1.29, 1.82) is 0 Å². The van der Waals surface area contributed by atoms with Gasteiger partial charge in [-0.2, -0.15) is 0 Å². The Kier molecular flexibility index (Phi) is 7.75. The third kappa shape index (κ3) is 5.98. The number of rotatable bonds is 8.